The van der Waals surface area contributed by atoms with E-state index in [1.165, 1.54) is 5.56 Å². The topological polar surface area (TPSA) is 23.6 Å². The van der Waals surface area contributed by atoms with Crippen LogP contribution in [0.25, 0.3) is 39.0 Å². The van der Waals surface area contributed by atoms with Gasteiger partial charge in [0, 0.05) is 29.5 Å². The van der Waals surface area contributed by atoms with Gasteiger partial charge in [-0.2, -0.15) is 0 Å². The van der Waals surface area contributed by atoms with Crippen molar-refractivity contribution in [3.05, 3.63) is 253 Å². The van der Waals surface area contributed by atoms with Crippen LogP contribution in [0.2, 0.25) is 0 Å². The number of nitrogens with zero attached hydrogens (tertiary/aromatic N) is 2. The van der Waals surface area contributed by atoms with E-state index in [1.54, 1.807) is 0 Å². The monoisotopic (exact) mass is 770 g/mol. The zero-order valence-corrected chi connectivity index (χ0v) is 33.4. The third-order valence-electron chi connectivity index (χ3n) is 12.3. The minimum atomic E-state index is -0.815. The van der Waals surface area contributed by atoms with Gasteiger partial charge in [0.1, 0.15) is 0 Å². The fourth-order valence-electron chi connectivity index (χ4n) is 9.65. The normalized spacial score (nSPS) is 13.4. The van der Waals surface area contributed by atoms with E-state index in [0.717, 1.165) is 95.9 Å². The Morgan fingerprint density at radius 1 is 0.517 bits per heavy atom. The molecule has 3 heteroatoms. The SMILES string of the molecule is C=C/C=C(\C=C)c1cc(-c2cc(-c3ccccc3)ccc2C=O)c2c(c1)C1(c3cc(-c4ccccc4)ccc3N2C)c2ccccc2N(c2ccccc2)c2ccccc21. The Morgan fingerprint density at radius 3 is 1.68 bits per heavy atom. The van der Waals surface area contributed by atoms with E-state index in [1.807, 2.05) is 36.4 Å². The van der Waals surface area contributed by atoms with Gasteiger partial charge in [-0.05, 0) is 116 Å². The van der Waals surface area contributed by atoms with Crippen molar-refractivity contribution in [2.75, 3.05) is 16.8 Å². The second-order valence-electron chi connectivity index (χ2n) is 15.4. The van der Waals surface area contributed by atoms with E-state index in [2.05, 4.69) is 200 Å². The molecule has 286 valence electrons. The lowest BCUT2D eigenvalue weighted by molar-refractivity contribution is 0.112. The van der Waals surface area contributed by atoms with Crippen molar-refractivity contribution in [2.24, 2.45) is 0 Å². The van der Waals surface area contributed by atoms with E-state index >= 15 is 0 Å². The highest BCUT2D eigenvalue weighted by Crippen LogP contribution is 2.64. The summed E-state index contributed by atoms with van der Waals surface area (Å²) < 4.78 is 0. The number of para-hydroxylation sites is 3. The van der Waals surface area contributed by atoms with Crippen molar-refractivity contribution in [1.29, 1.82) is 0 Å². The summed E-state index contributed by atoms with van der Waals surface area (Å²) in [5.41, 5.74) is 18.0. The lowest BCUT2D eigenvalue weighted by Crippen LogP contribution is -2.42. The summed E-state index contributed by atoms with van der Waals surface area (Å²) in [4.78, 5) is 17.9. The molecule has 3 nitrogen and oxygen atoms in total. The average molecular weight is 771 g/mol. The number of carbonyl (C=O) groups excluding carboxylic acids is 1. The molecule has 0 atom stereocenters. The number of anilines is 5. The Hall–Kier alpha value is -7.75. The molecule has 10 rings (SSSR count). The summed E-state index contributed by atoms with van der Waals surface area (Å²) in [5, 5.41) is 0. The predicted octanol–water partition coefficient (Wildman–Crippen LogP) is 14.5. The van der Waals surface area contributed by atoms with Crippen LogP contribution in [0, 0.1) is 0 Å². The van der Waals surface area contributed by atoms with Gasteiger partial charge in [0.25, 0.3) is 0 Å². The van der Waals surface area contributed by atoms with Crippen molar-refractivity contribution >= 4 is 40.3 Å². The second-order valence-corrected chi connectivity index (χ2v) is 15.4. The number of hydrogen-bond donors (Lipinski definition) is 0. The minimum Gasteiger partial charge on any atom is -0.344 e. The zero-order valence-electron chi connectivity index (χ0n) is 33.4. The summed E-state index contributed by atoms with van der Waals surface area (Å²) in [6, 6.07) is 67.1. The molecule has 0 fully saturated rings. The Balaban J connectivity index is 1.40. The average Bonchev–Trinajstić information content (AvgIpc) is 3.32. The van der Waals surface area contributed by atoms with Gasteiger partial charge < -0.3 is 9.80 Å². The fourth-order valence-corrected chi connectivity index (χ4v) is 9.65. The number of carbonyl (C=O) groups is 1. The highest BCUT2D eigenvalue weighted by molar-refractivity contribution is 6.02. The number of benzene rings is 8. The predicted molar refractivity (Wildman–Crippen MR) is 251 cm³/mol. The van der Waals surface area contributed by atoms with Crippen molar-refractivity contribution in [1.82, 2.24) is 0 Å². The van der Waals surface area contributed by atoms with E-state index in [0.29, 0.717) is 5.56 Å². The van der Waals surface area contributed by atoms with Gasteiger partial charge in [0.15, 0.2) is 6.29 Å². The van der Waals surface area contributed by atoms with Crippen molar-refractivity contribution in [2.45, 2.75) is 5.41 Å². The van der Waals surface area contributed by atoms with Gasteiger partial charge in [0.05, 0.1) is 22.5 Å². The van der Waals surface area contributed by atoms with Crippen LogP contribution in [0.1, 0.15) is 38.2 Å². The summed E-state index contributed by atoms with van der Waals surface area (Å²) in [6.07, 6.45) is 6.71. The molecule has 0 aromatic heterocycles. The summed E-state index contributed by atoms with van der Waals surface area (Å²) in [7, 11) is 2.17. The number of hydrogen-bond acceptors (Lipinski definition) is 3. The van der Waals surface area contributed by atoms with Gasteiger partial charge in [-0.15, -0.1) is 0 Å². The maximum atomic E-state index is 13.2. The summed E-state index contributed by atoms with van der Waals surface area (Å²) in [5.74, 6) is 0. The largest absolute Gasteiger partial charge is 0.344 e. The van der Waals surface area contributed by atoms with Crippen LogP contribution in [0.3, 0.4) is 0 Å². The van der Waals surface area contributed by atoms with E-state index in [-0.39, 0.29) is 0 Å². The third-order valence-corrected chi connectivity index (χ3v) is 12.3. The Morgan fingerprint density at radius 2 is 1.08 bits per heavy atom. The molecule has 60 heavy (non-hydrogen) atoms. The van der Waals surface area contributed by atoms with E-state index < -0.39 is 5.41 Å². The Bertz CT molecular complexity index is 2950. The third kappa shape index (κ3) is 5.62. The number of aldehydes is 1. The van der Waals surface area contributed by atoms with Gasteiger partial charge in [-0.3, -0.25) is 4.79 Å². The molecule has 0 radical (unpaired) electrons. The molecular formula is C57H42N2O. The molecule has 2 heterocycles. The Labute approximate surface area is 352 Å². The molecule has 0 amide bonds. The van der Waals surface area contributed by atoms with Crippen molar-refractivity contribution < 1.29 is 4.79 Å². The van der Waals surface area contributed by atoms with Crippen molar-refractivity contribution in [3.63, 3.8) is 0 Å². The Kier molecular flexibility index (Phi) is 9.07. The van der Waals surface area contributed by atoms with Crippen LogP contribution in [-0.2, 0) is 5.41 Å². The van der Waals surface area contributed by atoms with E-state index in [4.69, 9.17) is 0 Å². The second kappa shape index (κ2) is 14.9. The first-order chi connectivity index (χ1) is 29.6. The molecule has 0 N–H and O–H groups in total. The molecule has 8 aromatic carbocycles. The molecule has 2 aliphatic rings. The van der Waals surface area contributed by atoms with E-state index in [9.17, 15) is 4.79 Å². The molecule has 0 bridgehead atoms. The maximum Gasteiger partial charge on any atom is 0.150 e. The van der Waals surface area contributed by atoms with Crippen LogP contribution in [0.15, 0.2) is 219 Å². The first kappa shape index (κ1) is 36.6. The fraction of sp³-hybridized carbons (Fsp3) is 0.0351. The van der Waals surface area contributed by atoms with Crippen molar-refractivity contribution in [3.8, 4) is 33.4 Å². The van der Waals surface area contributed by atoms with Crippen LogP contribution < -0.4 is 9.80 Å². The molecule has 2 aliphatic heterocycles. The minimum absolute atomic E-state index is 0.620. The van der Waals surface area contributed by atoms with Gasteiger partial charge >= 0.3 is 0 Å². The van der Waals surface area contributed by atoms with Gasteiger partial charge in [-0.1, -0.05) is 165 Å². The zero-order chi connectivity index (χ0) is 40.8. The lowest BCUT2D eigenvalue weighted by Gasteiger charge is -2.51. The smallest absolute Gasteiger partial charge is 0.150 e. The highest BCUT2D eigenvalue weighted by atomic mass is 16.1. The standard InChI is InChI=1S/C57H42N2O/c1-4-19-39(5-2)45-35-48(47-34-42(30-31-44(47)38-60)40-20-9-6-10-21-40)56-52(37-45)57(51-36-43(32-33-53(51)58(56)3)41-22-11-7-12-23-41)49-26-15-17-28-54(49)59(46-24-13-8-14-25-46)55-29-18-16-27-50(55)57/h4-38H,1-2H2,3H3/b39-19+. The molecule has 0 saturated carbocycles. The van der Waals surface area contributed by atoms with Gasteiger partial charge in [0.2, 0.25) is 0 Å². The lowest BCUT2D eigenvalue weighted by atomic mass is 9.59. The number of allylic oxidation sites excluding steroid dienone is 4. The molecule has 0 unspecified atom stereocenters. The molecule has 8 aromatic rings. The van der Waals surface area contributed by atoms with Crippen LogP contribution in [0.4, 0.5) is 28.4 Å². The van der Waals surface area contributed by atoms with Crippen LogP contribution in [-0.4, -0.2) is 13.3 Å². The molecular weight excluding hydrogens is 729 g/mol. The number of fused-ring (bicyclic) bond motifs is 8. The first-order valence-corrected chi connectivity index (χ1v) is 20.3. The van der Waals surface area contributed by atoms with Crippen LogP contribution in [0.5, 0.6) is 0 Å². The maximum absolute atomic E-state index is 13.2. The summed E-state index contributed by atoms with van der Waals surface area (Å²) >= 11 is 0. The quantitative estimate of drug-likeness (QED) is 0.114. The number of rotatable bonds is 8. The first-order valence-electron chi connectivity index (χ1n) is 20.3. The highest BCUT2D eigenvalue weighted by Gasteiger charge is 2.52. The summed E-state index contributed by atoms with van der Waals surface area (Å²) in [6.45, 7) is 8.37. The molecule has 0 aliphatic carbocycles. The van der Waals surface area contributed by atoms with Gasteiger partial charge in [-0.25, -0.2) is 0 Å². The van der Waals surface area contributed by atoms with Crippen LogP contribution >= 0.6 is 0 Å². The molecule has 0 saturated heterocycles. The molecule has 1 spiro atoms.